The maximum absolute atomic E-state index is 12.9. The number of anilines is 4. The van der Waals surface area contributed by atoms with Crippen LogP contribution in [0.15, 0.2) is 42.6 Å². The molecule has 2 aromatic carbocycles. The van der Waals surface area contributed by atoms with Gasteiger partial charge < -0.3 is 15.4 Å². The van der Waals surface area contributed by atoms with E-state index in [1.807, 2.05) is 12.1 Å². The van der Waals surface area contributed by atoms with Crippen molar-refractivity contribution in [2.75, 3.05) is 28.8 Å². The summed E-state index contributed by atoms with van der Waals surface area (Å²) in [5, 5.41) is 7.21. The first kappa shape index (κ1) is 18.0. The number of fused-ring (bicyclic) bond motifs is 2. The molecular weight excluding hydrogens is 413 g/mol. The molecule has 2 aliphatic rings. The molecule has 29 heavy (non-hydrogen) atoms. The Balaban J connectivity index is 1.41. The maximum atomic E-state index is 12.9. The molecule has 5 rings (SSSR count). The first-order chi connectivity index (χ1) is 14.1. The van der Waals surface area contributed by atoms with Crippen LogP contribution in [0.4, 0.5) is 23.0 Å². The lowest BCUT2D eigenvalue weighted by Crippen LogP contribution is -2.39. The molecule has 3 heterocycles. The van der Waals surface area contributed by atoms with Gasteiger partial charge in [-0.25, -0.2) is 4.98 Å². The molecule has 0 aliphatic carbocycles. The van der Waals surface area contributed by atoms with Crippen molar-refractivity contribution >= 4 is 52.1 Å². The van der Waals surface area contributed by atoms with Crippen LogP contribution >= 0.6 is 23.2 Å². The van der Waals surface area contributed by atoms with Crippen molar-refractivity contribution in [2.24, 2.45) is 0 Å². The normalized spacial score (nSPS) is 14.7. The summed E-state index contributed by atoms with van der Waals surface area (Å²) < 4.78 is 5.71. The Labute approximate surface area is 176 Å². The van der Waals surface area contributed by atoms with E-state index in [0.717, 1.165) is 24.3 Å². The van der Waals surface area contributed by atoms with Gasteiger partial charge in [-0.15, -0.1) is 0 Å². The van der Waals surface area contributed by atoms with Crippen LogP contribution in [0.3, 0.4) is 0 Å². The molecule has 0 atom stereocenters. The monoisotopic (exact) mass is 427 g/mol. The molecule has 2 N–H and O–H groups in total. The van der Waals surface area contributed by atoms with Gasteiger partial charge >= 0.3 is 0 Å². The van der Waals surface area contributed by atoms with E-state index in [0.29, 0.717) is 21.7 Å². The second-order valence-electron chi connectivity index (χ2n) is 6.66. The molecule has 1 amide bonds. The predicted molar refractivity (Wildman–Crippen MR) is 113 cm³/mol. The number of para-hydroxylation sites is 1. The highest BCUT2D eigenvalue weighted by atomic mass is 35.5. The smallest absolute Gasteiger partial charge is 0.268 e. The van der Waals surface area contributed by atoms with Crippen LogP contribution in [0.2, 0.25) is 10.0 Å². The van der Waals surface area contributed by atoms with E-state index < -0.39 is 0 Å². The summed E-state index contributed by atoms with van der Waals surface area (Å²) in [5.41, 5.74) is 3.89. The van der Waals surface area contributed by atoms with E-state index in [2.05, 4.69) is 26.7 Å². The van der Waals surface area contributed by atoms with E-state index in [1.54, 1.807) is 18.2 Å². The van der Waals surface area contributed by atoms with Crippen molar-refractivity contribution in [3.63, 3.8) is 0 Å². The number of hydrogen-bond donors (Lipinski definition) is 2. The van der Waals surface area contributed by atoms with Gasteiger partial charge in [0.2, 0.25) is 11.8 Å². The SMILES string of the molecule is O=C1c2cnc(Nc3ccc4c(c3)NCC4)nc2OCN1c1c(Cl)cccc1Cl. The number of nitrogens with one attached hydrogen (secondary N) is 2. The fraction of sp³-hybridized carbons (Fsp3) is 0.150. The fourth-order valence-corrected chi connectivity index (χ4v) is 4.03. The Kier molecular flexibility index (Phi) is 4.41. The quantitative estimate of drug-likeness (QED) is 0.640. The molecule has 7 nitrogen and oxygen atoms in total. The van der Waals surface area contributed by atoms with Gasteiger partial charge in [0, 0.05) is 24.1 Å². The highest BCUT2D eigenvalue weighted by Gasteiger charge is 2.31. The number of halogens is 2. The zero-order valence-corrected chi connectivity index (χ0v) is 16.6. The Morgan fingerprint density at radius 1 is 1.17 bits per heavy atom. The fourth-order valence-electron chi connectivity index (χ4n) is 3.42. The van der Waals surface area contributed by atoms with E-state index in [1.165, 1.54) is 16.7 Å². The summed E-state index contributed by atoms with van der Waals surface area (Å²) in [6.07, 6.45) is 2.46. The average Bonchev–Trinajstić information content (AvgIpc) is 3.17. The minimum absolute atomic E-state index is 0.0471. The molecule has 0 saturated heterocycles. The number of amides is 1. The molecule has 2 aliphatic heterocycles. The summed E-state index contributed by atoms with van der Waals surface area (Å²) >= 11 is 12.5. The van der Waals surface area contributed by atoms with Gasteiger partial charge in [-0.05, 0) is 36.2 Å². The molecule has 0 saturated carbocycles. The average molecular weight is 428 g/mol. The van der Waals surface area contributed by atoms with Crippen LogP contribution in [0.25, 0.3) is 0 Å². The molecule has 9 heteroatoms. The lowest BCUT2D eigenvalue weighted by Gasteiger charge is -2.29. The third-order valence-corrected chi connectivity index (χ3v) is 5.45. The topological polar surface area (TPSA) is 79.4 Å². The Morgan fingerprint density at radius 2 is 2.00 bits per heavy atom. The van der Waals surface area contributed by atoms with Gasteiger partial charge in [-0.3, -0.25) is 9.69 Å². The number of aromatic nitrogens is 2. The van der Waals surface area contributed by atoms with E-state index in [9.17, 15) is 4.79 Å². The van der Waals surface area contributed by atoms with Crippen LogP contribution in [0.5, 0.6) is 5.88 Å². The largest absolute Gasteiger partial charge is 0.455 e. The van der Waals surface area contributed by atoms with Gasteiger partial charge in [0.25, 0.3) is 5.91 Å². The molecule has 0 bridgehead atoms. The van der Waals surface area contributed by atoms with Crippen LogP contribution in [0.1, 0.15) is 15.9 Å². The van der Waals surface area contributed by atoms with Crippen molar-refractivity contribution in [3.05, 3.63) is 63.8 Å². The number of ether oxygens (including phenoxy) is 1. The number of carbonyl (C=O) groups is 1. The molecule has 0 spiro atoms. The van der Waals surface area contributed by atoms with Crippen molar-refractivity contribution in [1.82, 2.24) is 9.97 Å². The first-order valence-corrected chi connectivity index (χ1v) is 9.75. The van der Waals surface area contributed by atoms with Crippen molar-refractivity contribution in [2.45, 2.75) is 6.42 Å². The van der Waals surface area contributed by atoms with Crippen LogP contribution < -0.4 is 20.3 Å². The summed E-state index contributed by atoms with van der Waals surface area (Å²) in [6, 6.07) is 11.1. The van der Waals surface area contributed by atoms with Crippen LogP contribution in [0, 0.1) is 0 Å². The highest BCUT2D eigenvalue weighted by molar-refractivity contribution is 6.40. The number of hydrogen-bond acceptors (Lipinski definition) is 6. The molecule has 0 fully saturated rings. The molecule has 3 aromatic rings. The Morgan fingerprint density at radius 3 is 2.83 bits per heavy atom. The molecule has 146 valence electrons. The van der Waals surface area contributed by atoms with E-state index >= 15 is 0 Å². The lowest BCUT2D eigenvalue weighted by atomic mass is 10.1. The minimum Gasteiger partial charge on any atom is -0.455 e. The second-order valence-corrected chi connectivity index (χ2v) is 7.48. The van der Waals surface area contributed by atoms with Crippen LogP contribution in [-0.2, 0) is 6.42 Å². The van der Waals surface area contributed by atoms with Crippen molar-refractivity contribution in [3.8, 4) is 5.88 Å². The summed E-state index contributed by atoms with van der Waals surface area (Å²) in [7, 11) is 0. The molecule has 0 radical (unpaired) electrons. The number of nitrogens with zero attached hydrogens (tertiary/aromatic N) is 3. The maximum Gasteiger partial charge on any atom is 0.268 e. The number of rotatable bonds is 3. The second kappa shape index (κ2) is 7.09. The Bertz CT molecular complexity index is 1120. The number of carbonyl (C=O) groups excluding carboxylic acids is 1. The number of benzene rings is 2. The zero-order chi connectivity index (χ0) is 20.0. The van der Waals surface area contributed by atoms with E-state index in [-0.39, 0.29) is 24.1 Å². The van der Waals surface area contributed by atoms with Crippen LogP contribution in [-0.4, -0.2) is 29.2 Å². The third kappa shape index (κ3) is 3.22. The summed E-state index contributed by atoms with van der Waals surface area (Å²) in [5.74, 6) is 0.236. The molecule has 0 unspecified atom stereocenters. The predicted octanol–water partition coefficient (Wildman–Crippen LogP) is 4.49. The highest BCUT2D eigenvalue weighted by Crippen LogP contribution is 2.37. The molecule has 1 aromatic heterocycles. The van der Waals surface area contributed by atoms with Crippen molar-refractivity contribution < 1.29 is 9.53 Å². The van der Waals surface area contributed by atoms with Gasteiger partial charge in [-0.1, -0.05) is 35.3 Å². The standard InChI is InChI=1S/C20H15Cl2N5O2/c21-14-2-1-3-15(22)17(14)27-10-29-18-13(19(27)28)9-24-20(26-18)25-12-5-4-11-6-7-23-16(11)8-12/h1-5,8-9,23H,6-7,10H2,(H,24,25,26). The van der Waals surface area contributed by atoms with Gasteiger partial charge in [-0.2, -0.15) is 4.98 Å². The van der Waals surface area contributed by atoms with Gasteiger partial charge in [0.05, 0.1) is 15.7 Å². The Hall–Kier alpha value is -3.03. The van der Waals surface area contributed by atoms with Gasteiger partial charge in [0.15, 0.2) is 6.73 Å². The first-order valence-electron chi connectivity index (χ1n) is 9.00. The minimum atomic E-state index is -0.325. The lowest BCUT2D eigenvalue weighted by molar-refractivity contribution is 0.0932. The van der Waals surface area contributed by atoms with E-state index in [4.69, 9.17) is 27.9 Å². The third-order valence-electron chi connectivity index (χ3n) is 4.84. The van der Waals surface area contributed by atoms with Crippen molar-refractivity contribution in [1.29, 1.82) is 0 Å². The molecular formula is C20H15Cl2N5O2. The summed E-state index contributed by atoms with van der Waals surface area (Å²) in [4.78, 5) is 22.9. The zero-order valence-electron chi connectivity index (χ0n) is 15.1. The summed E-state index contributed by atoms with van der Waals surface area (Å²) in [6.45, 7) is 0.893. The van der Waals surface area contributed by atoms with Gasteiger partial charge in [0.1, 0.15) is 5.56 Å².